The number of anilines is 2. The van der Waals surface area contributed by atoms with Gasteiger partial charge in [-0.05, 0) is 36.8 Å². The van der Waals surface area contributed by atoms with Gasteiger partial charge in [0.2, 0.25) is 0 Å². The Kier molecular flexibility index (Phi) is 4.48. The van der Waals surface area contributed by atoms with Gasteiger partial charge < -0.3 is 15.8 Å². The van der Waals surface area contributed by atoms with E-state index < -0.39 is 0 Å². The maximum atomic E-state index is 11.8. The van der Waals surface area contributed by atoms with Crippen LogP contribution in [0.5, 0.6) is 5.75 Å². The molecule has 104 valence electrons. The number of nitrogen functional groups attached to an aromatic ring is 1. The van der Waals surface area contributed by atoms with Crippen molar-refractivity contribution in [3.05, 3.63) is 53.1 Å². The summed E-state index contributed by atoms with van der Waals surface area (Å²) in [7, 11) is 0. The SMILES string of the molecule is Cc1cccc(OCC(=O)Nc2cccc(Cl)c2)c1N. The maximum Gasteiger partial charge on any atom is 0.262 e. The highest BCUT2D eigenvalue weighted by Gasteiger charge is 2.07. The summed E-state index contributed by atoms with van der Waals surface area (Å²) in [4.78, 5) is 11.8. The van der Waals surface area contributed by atoms with Gasteiger partial charge in [0.25, 0.3) is 5.91 Å². The van der Waals surface area contributed by atoms with E-state index in [4.69, 9.17) is 22.1 Å². The lowest BCUT2D eigenvalue weighted by molar-refractivity contribution is -0.118. The standard InChI is InChI=1S/C15H15ClN2O2/c1-10-4-2-7-13(15(10)17)20-9-14(19)18-12-6-3-5-11(16)8-12/h2-8H,9,17H2,1H3,(H,18,19). The highest BCUT2D eigenvalue weighted by molar-refractivity contribution is 6.30. The van der Waals surface area contributed by atoms with Crippen molar-refractivity contribution in [1.29, 1.82) is 0 Å². The number of para-hydroxylation sites is 1. The Morgan fingerprint density at radius 1 is 1.30 bits per heavy atom. The van der Waals surface area contributed by atoms with E-state index >= 15 is 0 Å². The zero-order chi connectivity index (χ0) is 14.5. The molecule has 1 amide bonds. The lowest BCUT2D eigenvalue weighted by Gasteiger charge is -2.10. The molecule has 0 radical (unpaired) electrons. The summed E-state index contributed by atoms with van der Waals surface area (Å²) in [5, 5.41) is 3.26. The van der Waals surface area contributed by atoms with Crippen molar-refractivity contribution < 1.29 is 9.53 Å². The van der Waals surface area contributed by atoms with Crippen LogP contribution in [0.4, 0.5) is 11.4 Å². The number of rotatable bonds is 4. The van der Waals surface area contributed by atoms with Crippen molar-refractivity contribution in [1.82, 2.24) is 0 Å². The fourth-order valence-electron chi connectivity index (χ4n) is 1.69. The number of carbonyl (C=O) groups excluding carboxylic acids is 1. The average molecular weight is 291 g/mol. The number of ether oxygens (including phenoxy) is 1. The minimum Gasteiger partial charge on any atom is -0.482 e. The lowest BCUT2D eigenvalue weighted by Crippen LogP contribution is -2.20. The molecule has 0 saturated carbocycles. The number of hydrogen-bond acceptors (Lipinski definition) is 3. The Morgan fingerprint density at radius 2 is 2.05 bits per heavy atom. The molecular formula is C15H15ClN2O2. The summed E-state index contributed by atoms with van der Waals surface area (Å²) in [6.07, 6.45) is 0. The minimum absolute atomic E-state index is 0.111. The molecule has 0 unspecified atom stereocenters. The van der Waals surface area contributed by atoms with Crippen molar-refractivity contribution in [3.63, 3.8) is 0 Å². The zero-order valence-electron chi connectivity index (χ0n) is 11.0. The Labute approximate surface area is 122 Å². The van der Waals surface area contributed by atoms with Crippen LogP contribution in [0.25, 0.3) is 0 Å². The highest BCUT2D eigenvalue weighted by atomic mass is 35.5. The summed E-state index contributed by atoms with van der Waals surface area (Å²) < 4.78 is 5.41. The molecule has 0 spiro atoms. The predicted molar refractivity (Wildman–Crippen MR) is 81.2 cm³/mol. The van der Waals surface area contributed by atoms with Gasteiger partial charge >= 0.3 is 0 Å². The van der Waals surface area contributed by atoms with Crippen LogP contribution in [0.3, 0.4) is 0 Å². The predicted octanol–water partition coefficient (Wildman–Crippen LogP) is 3.25. The molecule has 2 aromatic carbocycles. The van der Waals surface area contributed by atoms with Gasteiger partial charge in [-0.1, -0.05) is 29.8 Å². The van der Waals surface area contributed by atoms with E-state index in [0.29, 0.717) is 22.1 Å². The summed E-state index contributed by atoms with van der Waals surface area (Å²) in [6, 6.07) is 12.4. The lowest BCUT2D eigenvalue weighted by atomic mass is 10.2. The van der Waals surface area contributed by atoms with Crippen molar-refractivity contribution in [2.75, 3.05) is 17.7 Å². The average Bonchev–Trinajstić information content (AvgIpc) is 2.40. The van der Waals surface area contributed by atoms with Crippen LogP contribution in [0.2, 0.25) is 5.02 Å². The fourth-order valence-corrected chi connectivity index (χ4v) is 1.88. The molecule has 0 bridgehead atoms. The third-order valence-electron chi connectivity index (χ3n) is 2.75. The van der Waals surface area contributed by atoms with Crippen LogP contribution in [0.1, 0.15) is 5.56 Å². The molecule has 2 rings (SSSR count). The molecular weight excluding hydrogens is 276 g/mol. The van der Waals surface area contributed by atoms with Gasteiger partial charge in [0.15, 0.2) is 6.61 Å². The molecule has 0 saturated heterocycles. The van der Waals surface area contributed by atoms with Gasteiger partial charge in [-0.3, -0.25) is 4.79 Å². The van der Waals surface area contributed by atoms with Gasteiger partial charge in [-0.15, -0.1) is 0 Å². The quantitative estimate of drug-likeness (QED) is 0.850. The number of hydrogen-bond donors (Lipinski definition) is 2. The van der Waals surface area contributed by atoms with Crippen LogP contribution < -0.4 is 15.8 Å². The smallest absolute Gasteiger partial charge is 0.262 e. The molecule has 0 atom stereocenters. The first kappa shape index (κ1) is 14.2. The summed E-state index contributed by atoms with van der Waals surface area (Å²) >= 11 is 5.84. The van der Waals surface area contributed by atoms with Crippen LogP contribution in [-0.2, 0) is 4.79 Å². The zero-order valence-corrected chi connectivity index (χ0v) is 11.8. The molecule has 0 aliphatic heterocycles. The summed E-state index contributed by atoms with van der Waals surface area (Å²) in [6.45, 7) is 1.77. The Hall–Kier alpha value is -2.20. The largest absolute Gasteiger partial charge is 0.482 e. The van der Waals surface area contributed by atoms with E-state index in [0.717, 1.165) is 5.56 Å². The van der Waals surface area contributed by atoms with E-state index in [-0.39, 0.29) is 12.5 Å². The molecule has 4 nitrogen and oxygen atoms in total. The Bertz CT molecular complexity index is 629. The third-order valence-corrected chi connectivity index (χ3v) is 2.99. The highest BCUT2D eigenvalue weighted by Crippen LogP contribution is 2.24. The summed E-state index contributed by atoms with van der Waals surface area (Å²) in [5.74, 6) is 0.236. The van der Waals surface area contributed by atoms with Gasteiger partial charge in [0.1, 0.15) is 5.75 Å². The second-order valence-electron chi connectivity index (χ2n) is 4.33. The van der Waals surface area contributed by atoms with E-state index in [9.17, 15) is 4.79 Å². The van der Waals surface area contributed by atoms with Gasteiger partial charge in [0, 0.05) is 10.7 Å². The number of nitrogens with two attached hydrogens (primary N) is 1. The molecule has 2 aromatic rings. The monoisotopic (exact) mass is 290 g/mol. The van der Waals surface area contributed by atoms with E-state index in [1.165, 1.54) is 0 Å². The van der Waals surface area contributed by atoms with Crippen LogP contribution >= 0.6 is 11.6 Å². The van der Waals surface area contributed by atoms with E-state index in [1.54, 1.807) is 30.3 Å². The van der Waals surface area contributed by atoms with Crippen molar-refractivity contribution in [2.45, 2.75) is 6.92 Å². The molecule has 20 heavy (non-hydrogen) atoms. The second-order valence-corrected chi connectivity index (χ2v) is 4.77. The number of carbonyl (C=O) groups is 1. The molecule has 0 aliphatic rings. The fraction of sp³-hybridized carbons (Fsp3) is 0.133. The maximum absolute atomic E-state index is 11.8. The van der Waals surface area contributed by atoms with Crippen LogP contribution in [0.15, 0.2) is 42.5 Å². The molecule has 5 heteroatoms. The first-order valence-corrected chi connectivity index (χ1v) is 6.47. The van der Waals surface area contributed by atoms with Crippen LogP contribution in [0, 0.1) is 6.92 Å². The van der Waals surface area contributed by atoms with Gasteiger partial charge in [0.05, 0.1) is 5.69 Å². The normalized spacial score (nSPS) is 10.1. The second kappa shape index (κ2) is 6.30. The van der Waals surface area contributed by atoms with Crippen molar-refractivity contribution >= 4 is 28.9 Å². The Balaban J connectivity index is 1.94. The number of aryl methyl sites for hydroxylation is 1. The van der Waals surface area contributed by atoms with E-state index in [2.05, 4.69) is 5.32 Å². The molecule has 3 N–H and O–H groups in total. The number of halogens is 1. The topological polar surface area (TPSA) is 64.3 Å². The first-order valence-electron chi connectivity index (χ1n) is 6.09. The third kappa shape index (κ3) is 3.65. The molecule has 0 aliphatic carbocycles. The van der Waals surface area contributed by atoms with E-state index in [1.807, 2.05) is 19.1 Å². The molecule has 0 aromatic heterocycles. The van der Waals surface area contributed by atoms with Gasteiger partial charge in [-0.25, -0.2) is 0 Å². The first-order chi connectivity index (χ1) is 9.56. The van der Waals surface area contributed by atoms with Crippen LogP contribution in [-0.4, -0.2) is 12.5 Å². The minimum atomic E-state index is -0.270. The number of benzene rings is 2. The van der Waals surface area contributed by atoms with Crippen molar-refractivity contribution in [2.24, 2.45) is 0 Å². The molecule has 0 fully saturated rings. The van der Waals surface area contributed by atoms with Gasteiger partial charge in [-0.2, -0.15) is 0 Å². The Morgan fingerprint density at radius 3 is 2.80 bits per heavy atom. The number of amides is 1. The van der Waals surface area contributed by atoms with Crippen molar-refractivity contribution in [3.8, 4) is 5.75 Å². The number of nitrogens with one attached hydrogen (secondary N) is 1. The molecule has 0 heterocycles. The summed E-state index contributed by atoms with van der Waals surface area (Å²) in [5.41, 5.74) is 7.95.